The first-order chi connectivity index (χ1) is 16.8. The molecule has 0 aromatic heterocycles. The molecule has 0 saturated heterocycles. The Morgan fingerprint density at radius 2 is 1.54 bits per heavy atom. The molecule has 0 fully saturated rings. The number of alkyl carbamates (subject to hydrolysis) is 1. The molecule has 35 heavy (non-hydrogen) atoms. The van der Waals surface area contributed by atoms with Crippen LogP contribution in [-0.4, -0.2) is 55.5 Å². The van der Waals surface area contributed by atoms with Gasteiger partial charge in [0, 0.05) is 25.6 Å². The molecule has 3 rings (SSSR count). The molecule has 1 aliphatic rings. The van der Waals surface area contributed by atoms with Crippen LogP contribution in [-0.2, 0) is 19.1 Å². The van der Waals surface area contributed by atoms with Gasteiger partial charge in [0.25, 0.3) is 0 Å². The second-order valence-corrected chi connectivity index (χ2v) is 8.98. The molecule has 2 unspecified atom stereocenters. The van der Waals surface area contributed by atoms with Crippen LogP contribution in [0.1, 0.15) is 44.2 Å². The lowest BCUT2D eigenvalue weighted by Crippen LogP contribution is -2.44. The van der Waals surface area contributed by atoms with Crippen LogP contribution < -0.4 is 10.6 Å². The number of carbonyl (C=O) groups is 3. The number of benzene rings is 2. The van der Waals surface area contributed by atoms with Crippen LogP contribution in [0, 0.1) is 11.8 Å². The third-order valence-electron chi connectivity index (χ3n) is 6.26. The third-order valence-corrected chi connectivity index (χ3v) is 6.26. The predicted molar refractivity (Wildman–Crippen MR) is 132 cm³/mol. The molecule has 2 amide bonds. The predicted octanol–water partition coefficient (Wildman–Crippen LogP) is 3.79. The van der Waals surface area contributed by atoms with Crippen molar-refractivity contribution in [3.05, 3.63) is 59.7 Å². The largest absolute Gasteiger partial charge is 0.481 e. The summed E-state index contributed by atoms with van der Waals surface area (Å²) in [6, 6.07) is 16.2. The Morgan fingerprint density at radius 1 is 0.943 bits per heavy atom. The highest BCUT2D eigenvalue weighted by Gasteiger charge is 2.29. The number of fused-ring (bicyclic) bond motifs is 3. The van der Waals surface area contributed by atoms with E-state index in [0.29, 0.717) is 6.61 Å². The highest BCUT2D eigenvalue weighted by Crippen LogP contribution is 2.44. The van der Waals surface area contributed by atoms with Crippen molar-refractivity contribution in [3.8, 4) is 11.1 Å². The smallest absolute Gasteiger partial charge is 0.407 e. The van der Waals surface area contributed by atoms with Gasteiger partial charge in [-0.25, -0.2) is 4.79 Å². The van der Waals surface area contributed by atoms with Gasteiger partial charge in [-0.3, -0.25) is 9.59 Å². The average molecular weight is 483 g/mol. The molecule has 188 valence electrons. The lowest BCUT2D eigenvalue weighted by Gasteiger charge is -2.23. The molecule has 0 spiro atoms. The first-order valence-corrected chi connectivity index (χ1v) is 12.0. The zero-order chi connectivity index (χ0) is 25.4. The summed E-state index contributed by atoms with van der Waals surface area (Å²) in [4.78, 5) is 36.2. The van der Waals surface area contributed by atoms with Crippen molar-refractivity contribution in [2.24, 2.45) is 11.8 Å². The summed E-state index contributed by atoms with van der Waals surface area (Å²) in [5.74, 6) is -1.84. The Hall–Kier alpha value is -3.39. The highest BCUT2D eigenvalue weighted by molar-refractivity contribution is 5.80. The number of hydrogen-bond donors (Lipinski definition) is 3. The summed E-state index contributed by atoms with van der Waals surface area (Å²) in [6.07, 6.45) is -1.38. The van der Waals surface area contributed by atoms with Crippen molar-refractivity contribution in [2.75, 3.05) is 26.3 Å². The minimum atomic E-state index is -0.991. The Morgan fingerprint density at radius 3 is 2.09 bits per heavy atom. The molecule has 2 aromatic carbocycles. The minimum absolute atomic E-state index is 0.0397. The van der Waals surface area contributed by atoms with Gasteiger partial charge in [-0.2, -0.15) is 0 Å². The van der Waals surface area contributed by atoms with Gasteiger partial charge >= 0.3 is 12.1 Å². The van der Waals surface area contributed by atoms with Crippen molar-refractivity contribution in [2.45, 2.75) is 39.2 Å². The van der Waals surface area contributed by atoms with Crippen molar-refractivity contribution >= 4 is 18.0 Å². The quantitative estimate of drug-likeness (QED) is 0.424. The van der Waals surface area contributed by atoms with Gasteiger partial charge in [0.2, 0.25) is 5.91 Å². The topological polar surface area (TPSA) is 114 Å². The monoisotopic (exact) mass is 482 g/mol. The second-order valence-electron chi connectivity index (χ2n) is 8.98. The number of carbonyl (C=O) groups excluding carboxylic acids is 2. The van der Waals surface area contributed by atoms with Crippen LogP contribution in [0.3, 0.4) is 0 Å². The molecular weight excluding hydrogens is 448 g/mol. The molecule has 3 N–H and O–H groups in total. The normalized spacial score (nSPS) is 14.1. The first-order valence-electron chi connectivity index (χ1n) is 12.0. The van der Waals surface area contributed by atoms with Crippen molar-refractivity contribution in [3.63, 3.8) is 0 Å². The zero-order valence-corrected chi connectivity index (χ0v) is 20.5. The minimum Gasteiger partial charge on any atom is -0.481 e. The van der Waals surface area contributed by atoms with Crippen LogP contribution in [0.2, 0.25) is 0 Å². The maximum Gasteiger partial charge on any atom is 0.407 e. The van der Waals surface area contributed by atoms with Crippen molar-refractivity contribution in [1.82, 2.24) is 10.6 Å². The van der Waals surface area contributed by atoms with E-state index >= 15 is 0 Å². The molecule has 8 heteroatoms. The molecule has 1 aliphatic carbocycles. The van der Waals surface area contributed by atoms with E-state index in [1.807, 2.05) is 38.1 Å². The Labute approximate surface area is 206 Å². The number of carboxylic acid groups (broad SMARTS) is 1. The van der Waals surface area contributed by atoms with Crippen LogP contribution in [0.25, 0.3) is 11.1 Å². The lowest BCUT2D eigenvalue weighted by molar-refractivity contribution is -0.140. The number of aliphatic carboxylic acids is 1. The molecule has 0 aliphatic heterocycles. The summed E-state index contributed by atoms with van der Waals surface area (Å²) in [5.41, 5.74) is 4.57. The van der Waals surface area contributed by atoms with Gasteiger partial charge in [-0.1, -0.05) is 62.4 Å². The molecular formula is C27H34N2O6. The van der Waals surface area contributed by atoms with Gasteiger partial charge in [0.1, 0.15) is 6.61 Å². The van der Waals surface area contributed by atoms with E-state index in [-0.39, 0.29) is 43.9 Å². The van der Waals surface area contributed by atoms with Crippen molar-refractivity contribution < 1.29 is 29.0 Å². The van der Waals surface area contributed by atoms with Crippen LogP contribution >= 0.6 is 0 Å². The van der Waals surface area contributed by atoms with E-state index < -0.39 is 24.1 Å². The molecule has 0 heterocycles. The maximum atomic E-state index is 12.7. The first kappa shape index (κ1) is 26.2. The number of nitrogens with one attached hydrogen (secondary N) is 2. The Bertz CT molecular complexity index is 992. The number of carboxylic acids is 1. The number of amides is 2. The molecule has 2 atom stereocenters. The van der Waals surface area contributed by atoms with E-state index in [9.17, 15) is 14.4 Å². The number of hydrogen-bond acceptors (Lipinski definition) is 5. The number of rotatable bonds is 12. The van der Waals surface area contributed by atoms with E-state index in [1.165, 1.54) is 0 Å². The average Bonchev–Trinajstić information content (AvgIpc) is 3.14. The summed E-state index contributed by atoms with van der Waals surface area (Å²) in [6.45, 7) is 6.30. The Balaban J connectivity index is 1.53. The lowest BCUT2D eigenvalue weighted by atomic mass is 9.95. The summed E-state index contributed by atoms with van der Waals surface area (Å²) >= 11 is 0. The van der Waals surface area contributed by atoms with Gasteiger partial charge in [-0.15, -0.1) is 0 Å². The van der Waals surface area contributed by atoms with Gasteiger partial charge in [0.15, 0.2) is 0 Å². The fourth-order valence-corrected chi connectivity index (χ4v) is 4.44. The molecule has 0 bridgehead atoms. The second kappa shape index (κ2) is 12.4. The van der Waals surface area contributed by atoms with Gasteiger partial charge in [-0.05, 0) is 35.1 Å². The fourth-order valence-electron chi connectivity index (χ4n) is 4.44. The van der Waals surface area contributed by atoms with Crippen LogP contribution in [0.15, 0.2) is 48.5 Å². The van der Waals surface area contributed by atoms with E-state index in [2.05, 4.69) is 34.9 Å². The number of ether oxygens (including phenoxy) is 2. The molecule has 0 radical (unpaired) electrons. The highest BCUT2D eigenvalue weighted by atomic mass is 16.5. The zero-order valence-electron chi connectivity index (χ0n) is 20.5. The van der Waals surface area contributed by atoms with Crippen LogP contribution in [0.4, 0.5) is 4.79 Å². The van der Waals surface area contributed by atoms with Gasteiger partial charge in [0.05, 0.1) is 18.4 Å². The Kier molecular flexibility index (Phi) is 9.25. The van der Waals surface area contributed by atoms with E-state index in [1.54, 1.807) is 6.92 Å². The molecule has 8 nitrogen and oxygen atoms in total. The molecule has 0 saturated carbocycles. The summed E-state index contributed by atoms with van der Waals surface area (Å²) in [7, 11) is 0. The standard InChI is InChI=1S/C27H34N2O6/c1-4-34-18(13-25(30)31)14-28-26(32)23(17(2)3)15-29-27(33)35-16-24-21-11-7-5-9-19(21)20-10-6-8-12-22(20)24/h5-12,17-18,23-24H,4,13-16H2,1-3H3,(H,28,32)(H,29,33)(H,30,31). The molecule has 2 aromatic rings. The van der Waals surface area contributed by atoms with Crippen LogP contribution in [0.5, 0.6) is 0 Å². The SMILES string of the molecule is CCOC(CNC(=O)C(CNC(=O)OCC1c2ccccc2-c2ccccc21)C(C)C)CC(=O)O. The third kappa shape index (κ3) is 6.82. The van der Waals surface area contributed by atoms with Gasteiger partial charge < -0.3 is 25.2 Å². The summed E-state index contributed by atoms with van der Waals surface area (Å²) < 4.78 is 10.9. The maximum absolute atomic E-state index is 12.7. The summed E-state index contributed by atoms with van der Waals surface area (Å²) in [5, 5.41) is 14.5. The fraction of sp³-hybridized carbons (Fsp3) is 0.444. The van der Waals surface area contributed by atoms with E-state index in [4.69, 9.17) is 14.6 Å². The van der Waals surface area contributed by atoms with Crippen molar-refractivity contribution in [1.29, 1.82) is 0 Å². The van der Waals surface area contributed by atoms with E-state index in [0.717, 1.165) is 22.3 Å².